The van der Waals surface area contributed by atoms with Gasteiger partial charge in [0, 0.05) is 0 Å². The highest BCUT2D eigenvalue weighted by atomic mass is 32.2. The van der Waals surface area contributed by atoms with Crippen molar-refractivity contribution in [1.82, 2.24) is 19.7 Å². The first-order valence-corrected chi connectivity index (χ1v) is 15.4. The van der Waals surface area contributed by atoms with Gasteiger partial charge in [-0.3, -0.25) is 9.59 Å². The van der Waals surface area contributed by atoms with E-state index in [0.29, 0.717) is 24.5 Å². The Morgan fingerprint density at radius 3 is 2.47 bits per heavy atom. The molecular weight excluding hydrogens is 589 g/mol. The summed E-state index contributed by atoms with van der Waals surface area (Å²) >= 11 is 0. The maximum atomic E-state index is 14.4. The first kappa shape index (κ1) is 32.1. The summed E-state index contributed by atoms with van der Waals surface area (Å²) in [5, 5.41) is 17.6. The number of carbonyl (C=O) groups is 2. The second-order valence-electron chi connectivity index (χ2n) is 11.0. The monoisotopic (exact) mass is 622 g/mol. The summed E-state index contributed by atoms with van der Waals surface area (Å²) in [5.41, 5.74) is -0.734. The van der Waals surface area contributed by atoms with E-state index in [2.05, 4.69) is 15.0 Å². The lowest BCUT2D eigenvalue weighted by Gasteiger charge is -2.38. The Kier molecular flexibility index (Phi) is 9.90. The molecule has 1 unspecified atom stereocenters. The van der Waals surface area contributed by atoms with Crippen molar-refractivity contribution in [2.45, 2.75) is 69.7 Å². The van der Waals surface area contributed by atoms with Gasteiger partial charge < -0.3 is 9.84 Å². The molecule has 2 N–H and O–H groups in total. The average molecular weight is 623 g/mol. The minimum Gasteiger partial charge on any atom is -0.481 e. The number of hydrogen-bond acceptors (Lipinski definition) is 7. The normalized spacial score (nSPS) is 16.4. The fourth-order valence-electron chi connectivity index (χ4n) is 5.43. The molecule has 1 saturated carbocycles. The zero-order valence-electron chi connectivity index (χ0n) is 23.7. The third-order valence-electron chi connectivity index (χ3n) is 7.75. The number of ether oxygens (including phenoxy) is 1. The third-order valence-corrected chi connectivity index (χ3v) is 9.20. The average Bonchev–Trinajstić information content (AvgIpc) is 3.46. The molecule has 2 aromatic carbocycles. The highest BCUT2D eigenvalue weighted by Gasteiger charge is 2.42. The first-order valence-electron chi connectivity index (χ1n) is 13.8. The van der Waals surface area contributed by atoms with Crippen LogP contribution in [-0.2, 0) is 30.9 Å². The van der Waals surface area contributed by atoms with Crippen LogP contribution < -0.4 is 9.46 Å². The maximum absolute atomic E-state index is 14.4. The van der Waals surface area contributed by atoms with Crippen LogP contribution in [0.1, 0.15) is 68.3 Å². The van der Waals surface area contributed by atoms with E-state index >= 15 is 0 Å². The summed E-state index contributed by atoms with van der Waals surface area (Å²) in [6.07, 6.45) is 4.67. The number of aryl methyl sites for hydroxylation is 1. The number of hydrogen-bond donors (Lipinski definition) is 2. The lowest BCUT2D eigenvalue weighted by atomic mass is 9.75. The number of benzene rings is 2. The van der Waals surface area contributed by atoms with Crippen LogP contribution in [0.15, 0.2) is 42.6 Å². The van der Waals surface area contributed by atoms with E-state index in [0.717, 1.165) is 23.9 Å². The van der Waals surface area contributed by atoms with Gasteiger partial charge in [0.25, 0.3) is 0 Å². The molecule has 1 aliphatic carbocycles. The predicted octanol–water partition coefficient (Wildman–Crippen LogP) is 4.58. The second kappa shape index (κ2) is 13.2. The van der Waals surface area contributed by atoms with Gasteiger partial charge >= 0.3 is 5.97 Å². The van der Waals surface area contributed by atoms with Gasteiger partial charge in [0.1, 0.15) is 18.3 Å². The number of aromatic nitrogens is 3. The molecule has 0 radical (unpaired) electrons. The van der Waals surface area contributed by atoms with Crippen molar-refractivity contribution < 1.29 is 41.0 Å². The number of Topliss-reactive ketones (excluding diaryl/α,β-unsaturated/α-hetero) is 1. The van der Waals surface area contributed by atoms with Crippen molar-refractivity contribution in [2.75, 3.05) is 6.61 Å². The highest BCUT2D eigenvalue weighted by Crippen LogP contribution is 2.39. The van der Waals surface area contributed by atoms with Crippen LogP contribution in [0, 0.1) is 30.3 Å². The standard InChI is InChI=1S/C29H33F3N4O6S/c1-18-13-21(30)27(32)28(26(18)31)42-16-23(37)22(14-25(38)39)36-15-24(33-35-36)29(2,20-11-7-4-8-12-20)34-43(40,41)17-19-9-5-3-6-10-19/h3,5-6,9-10,13,15,20,22,34H,4,7-8,11-12,14,16-17H2,1-2H3,(H,38,39)/t22?,29-/m0/s1. The summed E-state index contributed by atoms with van der Waals surface area (Å²) in [5.74, 6) is -8.06. The molecule has 232 valence electrons. The number of nitrogens with one attached hydrogen (secondary N) is 1. The van der Waals surface area contributed by atoms with E-state index in [4.69, 9.17) is 4.74 Å². The van der Waals surface area contributed by atoms with Gasteiger partial charge in [0.15, 0.2) is 23.2 Å². The molecule has 1 fully saturated rings. The molecule has 0 amide bonds. The lowest BCUT2D eigenvalue weighted by Crippen LogP contribution is -2.50. The Bertz CT molecular complexity index is 1550. The van der Waals surface area contributed by atoms with E-state index in [9.17, 15) is 36.3 Å². The van der Waals surface area contributed by atoms with Gasteiger partial charge in [0.2, 0.25) is 15.8 Å². The van der Waals surface area contributed by atoms with Crippen molar-refractivity contribution in [1.29, 1.82) is 0 Å². The summed E-state index contributed by atoms with van der Waals surface area (Å²) in [4.78, 5) is 24.8. The van der Waals surface area contributed by atoms with Crippen molar-refractivity contribution in [3.63, 3.8) is 0 Å². The van der Waals surface area contributed by atoms with Crippen molar-refractivity contribution in [3.05, 3.63) is 76.9 Å². The summed E-state index contributed by atoms with van der Waals surface area (Å²) in [6.45, 7) is 1.89. The molecule has 0 bridgehead atoms. The van der Waals surface area contributed by atoms with E-state index in [-0.39, 0.29) is 22.9 Å². The van der Waals surface area contributed by atoms with Gasteiger partial charge in [-0.2, -0.15) is 4.39 Å². The molecule has 43 heavy (non-hydrogen) atoms. The molecule has 1 heterocycles. The molecule has 0 aliphatic heterocycles. The number of sulfonamides is 1. The molecule has 0 spiro atoms. The van der Waals surface area contributed by atoms with Crippen LogP contribution >= 0.6 is 0 Å². The van der Waals surface area contributed by atoms with Gasteiger partial charge in [-0.25, -0.2) is 26.6 Å². The number of nitrogens with zero attached hydrogens (tertiary/aromatic N) is 3. The Labute approximate surface area is 247 Å². The van der Waals surface area contributed by atoms with Crippen LogP contribution in [0.25, 0.3) is 0 Å². The van der Waals surface area contributed by atoms with Crippen molar-refractivity contribution in [3.8, 4) is 5.75 Å². The maximum Gasteiger partial charge on any atom is 0.305 e. The van der Waals surface area contributed by atoms with Crippen molar-refractivity contribution >= 4 is 21.8 Å². The van der Waals surface area contributed by atoms with Crippen LogP contribution in [0.5, 0.6) is 5.75 Å². The van der Waals surface area contributed by atoms with Crippen LogP contribution in [0.4, 0.5) is 13.2 Å². The zero-order chi connectivity index (χ0) is 31.4. The smallest absolute Gasteiger partial charge is 0.305 e. The number of halogens is 3. The summed E-state index contributed by atoms with van der Waals surface area (Å²) in [6, 6.07) is 7.76. The van der Waals surface area contributed by atoms with E-state index in [1.165, 1.54) is 13.1 Å². The van der Waals surface area contributed by atoms with Gasteiger partial charge in [-0.05, 0) is 49.8 Å². The summed E-state index contributed by atoms with van der Waals surface area (Å²) in [7, 11) is -3.90. The number of ketones is 1. The van der Waals surface area contributed by atoms with Gasteiger partial charge in [-0.15, -0.1) is 5.10 Å². The zero-order valence-corrected chi connectivity index (χ0v) is 24.5. The van der Waals surface area contributed by atoms with Gasteiger partial charge in [0.05, 0.1) is 23.9 Å². The van der Waals surface area contributed by atoms with Crippen molar-refractivity contribution in [2.24, 2.45) is 5.92 Å². The Hall–Kier alpha value is -3.78. The number of aliphatic carboxylic acids is 1. The molecule has 2 atom stereocenters. The minimum atomic E-state index is -3.90. The number of carboxylic acid groups (broad SMARTS) is 1. The summed E-state index contributed by atoms with van der Waals surface area (Å²) < 4.78 is 77.8. The Morgan fingerprint density at radius 1 is 1.14 bits per heavy atom. The topological polar surface area (TPSA) is 140 Å². The molecular formula is C29H33F3N4O6S. The van der Waals surface area contributed by atoms with Crippen LogP contribution in [0.3, 0.4) is 0 Å². The number of carboxylic acids is 1. The van der Waals surface area contributed by atoms with Gasteiger partial charge in [-0.1, -0.05) is 54.8 Å². The van der Waals surface area contributed by atoms with Crippen LogP contribution in [-0.4, -0.2) is 46.9 Å². The van der Waals surface area contributed by atoms with E-state index in [1.807, 2.05) is 0 Å². The Balaban J connectivity index is 1.62. The number of carbonyl (C=O) groups excluding carboxylic acids is 1. The largest absolute Gasteiger partial charge is 0.481 e. The lowest BCUT2D eigenvalue weighted by molar-refractivity contribution is -0.140. The molecule has 10 nitrogen and oxygen atoms in total. The molecule has 1 aliphatic rings. The second-order valence-corrected chi connectivity index (χ2v) is 12.7. The van der Waals surface area contributed by atoms with Crippen LogP contribution in [0.2, 0.25) is 0 Å². The predicted molar refractivity (Wildman–Crippen MR) is 149 cm³/mol. The molecule has 14 heteroatoms. The fraction of sp³-hybridized carbons (Fsp3) is 0.448. The third kappa shape index (κ3) is 7.60. The SMILES string of the molecule is Cc1cc(F)c(F)c(OCC(=O)C(CC(=O)O)n2cc([C@@](C)(NS(=O)(=O)Cc3ccccc3)C3CCCCC3)nn2)c1F. The molecule has 0 saturated heterocycles. The molecule has 1 aromatic heterocycles. The van der Waals surface area contributed by atoms with E-state index in [1.54, 1.807) is 37.3 Å². The number of rotatable bonds is 13. The van der Waals surface area contributed by atoms with E-state index < -0.39 is 69.6 Å². The minimum absolute atomic E-state index is 0.170. The first-order chi connectivity index (χ1) is 20.3. The molecule has 4 rings (SSSR count). The quantitative estimate of drug-likeness (QED) is 0.264. The molecule has 3 aromatic rings. The highest BCUT2D eigenvalue weighted by molar-refractivity contribution is 7.88. The Morgan fingerprint density at radius 2 is 1.81 bits per heavy atom. The fourth-order valence-corrected chi connectivity index (χ4v) is 7.05.